The van der Waals surface area contributed by atoms with Crippen molar-refractivity contribution in [3.8, 4) is 11.1 Å². The van der Waals surface area contributed by atoms with Crippen LogP contribution >= 0.6 is 0 Å². The Balaban J connectivity index is 1.81. The number of benzene rings is 2. The molecule has 0 aliphatic carbocycles. The first kappa shape index (κ1) is 29.8. The molecule has 0 unspecified atom stereocenters. The summed E-state index contributed by atoms with van der Waals surface area (Å²) in [4.78, 5) is 26.7. The number of hydrogen-bond acceptors (Lipinski definition) is 6. The second-order valence-electron chi connectivity index (χ2n) is 9.79. The minimum Gasteiger partial charge on any atom is -0.350 e. The van der Waals surface area contributed by atoms with Crippen LogP contribution in [-0.2, 0) is 26.2 Å². The van der Waals surface area contributed by atoms with Gasteiger partial charge in [-0.15, -0.1) is 0 Å². The normalized spacial score (nSPS) is 12.3. The number of amides is 2. The van der Waals surface area contributed by atoms with Crippen LogP contribution < -0.4 is 10.0 Å². The average molecular weight is 559 g/mol. The number of nitrogens with zero attached hydrogens (tertiary/aromatic N) is 2. The Bertz CT molecular complexity index is 1450. The van der Waals surface area contributed by atoms with E-state index >= 15 is 4.39 Å². The Kier molecular flexibility index (Phi) is 9.49. The summed E-state index contributed by atoms with van der Waals surface area (Å²) in [5.74, 6) is -1.23. The van der Waals surface area contributed by atoms with Crippen LogP contribution in [-0.4, -0.2) is 43.4 Å². The number of sulfonamides is 1. The number of rotatable bonds is 11. The molecule has 0 aliphatic rings. The van der Waals surface area contributed by atoms with Crippen molar-refractivity contribution in [1.82, 2.24) is 15.4 Å². The molecule has 1 atom stereocenters. The molecule has 210 valence electrons. The van der Waals surface area contributed by atoms with Crippen molar-refractivity contribution in [2.75, 3.05) is 11.8 Å². The predicted octanol–water partition coefficient (Wildman–Crippen LogP) is 4.80. The summed E-state index contributed by atoms with van der Waals surface area (Å²) >= 11 is 0. The fourth-order valence-electron chi connectivity index (χ4n) is 4.24. The van der Waals surface area contributed by atoms with E-state index in [1.54, 1.807) is 45.2 Å². The van der Waals surface area contributed by atoms with Crippen molar-refractivity contribution < 1.29 is 26.9 Å². The quantitative estimate of drug-likeness (QED) is 0.349. The molecule has 0 saturated carbocycles. The fraction of sp³-hybridized carbons (Fsp3) is 0.393. The van der Waals surface area contributed by atoms with Gasteiger partial charge in [-0.3, -0.25) is 9.59 Å². The zero-order valence-electron chi connectivity index (χ0n) is 23.0. The molecule has 0 aliphatic heterocycles. The van der Waals surface area contributed by atoms with Gasteiger partial charge in [-0.1, -0.05) is 56.3 Å². The number of carbonyl (C=O) groups is 2. The number of aromatic nitrogens is 1. The first-order chi connectivity index (χ1) is 18.4. The number of halogens is 1. The lowest BCUT2D eigenvalue weighted by molar-refractivity contribution is -0.140. The van der Waals surface area contributed by atoms with Gasteiger partial charge in [-0.05, 0) is 43.9 Å². The molecule has 1 aromatic heterocycles. The summed E-state index contributed by atoms with van der Waals surface area (Å²) in [5, 5.41) is 6.51. The third kappa shape index (κ3) is 6.83. The molecule has 9 nitrogen and oxygen atoms in total. The van der Waals surface area contributed by atoms with E-state index in [2.05, 4.69) is 15.2 Å². The van der Waals surface area contributed by atoms with Crippen LogP contribution in [0.15, 0.2) is 51.9 Å². The van der Waals surface area contributed by atoms with E-state index in [9.17, 15) is 18.0 Å². The van der Waals surface area contributed by atoms with Gasteiger partial charge in [-0.25, -0.2) is 17.5 Å². The average Bonchev–Trinajstić information content (AvgIpc) is 3.19. The van der Waals surface area contributed by atoms with Crippen molar-refractivity contribution >= 4 is 27.7 Å². The summed E-state index contributed by atoms with van der Waals surface area (Å²) in [7, 11) is -2.48. The van der Waals surface area contributed by atoms with Crippen LogP contribution in [0.25, 0.3) is 11.1 Å². The molecule has 3 aromatic rings. The van der Waals surface area contributed by atoms with Crippen molar-refractivity contribution in [3.05, 3.63) is 65.1 Å². The van der Waals surface area contributed by atoms with E-state index in [0.29, 0.717) is 35.2 Å². The monoisotopic (exact) mass is 558 g/mol. The molecule has 3 rings (SSSR count). The summed E-state index contributed by atoms with van der Waals surface area (Å²) in [6.45, 7) is 8.89. The standard InChI is InChI=1S/C28H35FN4O5S/c1-7-10-25(34)33(6)26(17(2)3)27(35)30-16-21-14-13-20(15-23(21)29)22-11-8-9-12-24(22)39(36,37)32-28-18(4)19(5)31-38-28/h8-9,11-15,17,26,32H,7,10,16H2,1-6H3,(H,30,35)/t26-/m0/s1. The predicted molar refractivity (Wildman–Crippen MR) is 147 cm³/mol. The Morgan fingerprint density at radius 3 is 2.41 bits per heavy atom. The smallest absolute Gasteiger partial charge is 0.264 e. The van der Waals surface area contributed by atoms with Crippen molar-refractivity contribution in [3.63, 3.8) is 0 Å². The maximum absolute atomic E-state index is 15.2. The van der Waals surface area contributed by atoms with Crippen LogP contribution in [0.5, 0.6) is 0 Å². The number of hydrogen-bond donors (Lipinski definition) is 2. The van der Waals surface area contributed by atoms with Crippen LogP contribution in [0.2, 0.25) is 0 Å². The van der Waals surface area contributed by atoms with Gasteiger partial charge in [0.25, 0.3) is 10.0 Å². The first-order valence-corrected chi connectivity index (χ1v) is 14.2. The number of carbonyl (C=O) groups excluding carboxylic acids is 2. The molecule has 11 heteroatoms. The molecule has 0 fully saturated rings. The second kappa shape index (κ2) is 12.4. The minimum absolute atomic E-state index is 0.0151. The maximum Gasteiger partial charge on any atom is 0.264 e. The zero-order valence-corrected chi connectivity index (χ0v) is 23.9. The molecule has 0 spiro atoms. The van der Waals surface area contributed by atoms with Crippen LogP contribution in [0.3, 0.4) is 0 Å². The lowest BCUT2D eigenvalue weighted by Crippen LogP contribution is -2.50. The number of nitrogens with one attached hydrogen (secondary N) is 2. The lowest BCUT2D eigenvalue weighted by atomic mass is 10.0. The van der Waals surface area contributed by atoms with E-state index in [1.807, 2.05) is 20.8 Å². The van der Waals surface area contributed by atoms with Gasteiger partial charge in [-0.2, -0.15) is 0 Å². The van der Waals surface area contributed by atoms with Crippen LogP contribution in [0.4, 0.5) is 10.3 Å². The number of likely N-dealkylation sites (N-methyl/N-ethyl adjacent to an activating group) is 1. The molecular formula is C28H35FN4O5S. The SMILES string of the molecule is CCCC(=O)N(C)[C@H](C(=O)NCc1ccc(-c2ccccc2S(=O)(=O)Nc2onc(C)c2C)cc1F)C(C)C. The molecule has 2 aromatic carbocycles. The highest BCUT2D eigenvalue weighted by molar-refractivity contribution is 7.92. The number of aryl methyl sites for hydroxylation is 1. The van der Waals surface area contributed by atoms with Crippen molar-refractivity contribution in [2.45, 2.75) is 64.9 Å². The summed E-state index contributed by atoms with van der Waals surface area (Å²) in [6.07, 6.45) is 1.01. The fourth-order valence-corrected chi connectivity index (χ4v) is 5.52. The molecule has 1 heterocycles. The topological polar surface area (TPSA) is 122 Å². The van der Waals surface area contributed by atoms with Gasteiger partial charge in [0.05, 0.1) is 10.6 Å². The van der Waals surface area contributed by atoms with Crippen LogP contribution in [0.1, 0.15) is 50.4 Å². The molecule has 2 N–H and O–H groups in total. The summed E-state index contributed by atoms with van der Waals surface area (Å²) in [6, 6.07) is 9.88. The van der Waals surface area contributed by atoms with E-state index in [0.717, 1.165) is 0 Å². The number of anilines is 1. The summed E-state index contributed by atoms with van der Waals surface area (Å²) < 4.78 is 49.0. The molecule has 0 radical (unpaired) electrons. The zero-order chi connectivity index (χ0) is 28.9. The maximum atomic E-state index is 15.2. The van der Waals surface area contributed by atoms with Gasteiger partial charge in [0.2, 0.25) is 17.7 Å². The van der Waals surface area contributed by atoms with E-state index in [-0.39, 0.29) is 40.6 Å². The molecule has 0 saturated heterocycles. The Labute approximate surface area is 228 Å². The molecular weight excluding hydrogens is 523 g/mol. The first-order valence-electron chi connectivity index (χ1n) is 12.7. The van der Waals surface area contributed by atoms with Gasteiger partial charge >= 0.3 is 0 Å². The highest BCUT2D eigenvalue weighted by atomic mass is 32.2. The second-order valence-corrected chi connectivity index (χ2v) is 11.4. The van der Waals surface area contributed by atoms with Gasteiger partial charge in [0.1, 0.15) is 11.9 Å². The summed E-state index contributed by atoms with van der Waals surface area (Å²) in [5.41, 5.74) is 1.99. The highest BCUT2D eigenvalue weighted by Gasteiger charge is 2.29. The van der Waals surface area contributed by atoms with Crippen LogP contribution in [0, 0.1) is 25.6 Å². The largest absolute Gasteiger partial charge is 0.350 e. The Morgan fingerprint density at radius 2 is 1.82 bits per heavy atom. The van der Waals surface area contributed by atoms with Gasteiger partial charge in [0, 0.05) is 36.7 Å². The lowest BCUT2D eigenvalue weighted by Gasteiger charge is -2.30. The molecule has 0 bridgehead atoms. The highest BCUT2D eigenvalue weighted by Crippen LogP contribution is 2.31. The Hall–Kier alpha value is -3.73. The molecule has 39 heavy (non-hydrogen) atoms. The van der Waals surface area contributed by atoms with Crippen molar-refractivity contribution in [1.29, 1.82) is 0 Å². The third-order valence-electron chi connectivity index (χ3n) is 6.55. The van der Waals surface area contributed by atoms with E-state index in [4.69, 9.17) is 4.52 Å². The third-order valence-corrected chi connectivity index (χ3v) is 7.94. The van der Waals surface area contributed by atoms with E-state index < -0.39 is 21.9 Å². The Morgan fingerprint density at radius 1 is 1.13 bits per heavy atom. The van der Waals surface area contributed by atoms with Gasteiger partial charge < -0.3 is 14.7 Å². The minimum atomic E-state index is -4.08. The van der Waals surface area contributed by atoms with Gasteiger partial charge in [0.15, 0.2) is 0 Å². The van der Waals surface area contributed by atoms with Crippen molar-refractivity contribution in [2.24, 2.45) is 5.92 Å². The van der Waals surface area contributed by atoms with E-state index in [1.165, 1.54) is 23.1 Å². The molecule has 2 amide bonds.